The molecule has 0 aliphatic carbocycles. The Morgan fingerprint density at radius 1 is 1.38 bits per heavy atom. The van der Waals surface area contributed by atoms with Crippen LogP contribution in [0.3, 0.4) is 0 Å². The molecule has 0 aliphatic heterocycles. The van der Waals surface area contributed by atoms with E-state index >= 15 is 0 Å². The van der Waals surface area contributed by atoms with E-state index in [0.29, 0.717) is 12.1 Å². The summed E-state index contributed by atoms with van der Waals surface area (Å²) >= 11 is 0. The van der Waals surface area contributed by atoms with Gasteiger partial charge in [-0.15, -0.1) is 0 Å². The quantitative estimate of drug-likeness (QED) is 0.629. The average Bonchev–Trinajstić information content (AvgIpc) is 2.28. The minimum Gasteiger partial charge on any atom is -0.370 e. The van der Waals surface area contributed by atoms with Crippen molar-refractivity contribution < 1.29 is 23.3 Å². The monoisotopic (exact) mass is 301 g/mol. The Morgan fingerprint density at radius 3 is 2.43 bits per heavy atom. The maximum atomic E-state index is 13.8. The third-order valence-corrected chi connectivity index (χ3v) is 2.53. The minimum atomic E-state index is -1.45. The van der Waals surface area contributed by atoms with Crippen LogP contribution in [-0.4, -0.2) is 22.3 Å². The van der Waals surface area contributed by atoms with E-state index in [-0.39, 0.29) is 6.42 Å². The van der Waals surface area contributed by atoms with Gasteiger partial charge in [-0.2, -0.15) is 4.39 Å². The van der Waals surface area contributed by atoms with Crippen molar-refractivity contribution >= 4 is 17.5 Å². The lowest BCUT2D eigenvalue weighted by Gasteiger charge is -2.24. The number of nitrogens with one attached hydrogen (secondary N) is 1. The van der Waals surface area contributed by atoms with Crippen LogP contribution in [0.4, 0.5) is 14.5 Å². The summed E-state index contributed by atoms with van der Waals surface area (Å²) in [6.45, 7) is 2.89. The SMILES string of the molecule is CC(C)(CC(N)=O)NC(=O)c1cc(F)cc([N+](=O)[O-])c1F. The van der Waals surface area contributed by atoms with Crippen molar-refractivity contribution in [2.45, 2.75) is 25.8 Å². The Hall–Kier alpha value is -2.58. The summed E-state index contributed by atoms with van der Waals surface area (Å²) in [7, 11) is 0. The van der Waals surface area contributed by atoms with Crippen molar-refractivity contribution in [1.82, 2.24) is 5.32 Å². The van der Waals surface area contributed by atoms with E-state index in [1.165, 1.54) is 13.8 Å². The van der Waals surface area contributed by atoms with Gasteiger partial charge in [0, 0.05) is 12.0 Å². The Bertz CT molecular complexity index is 617. The lowest BCUT2D eigenvalue weighted by atomic mass is 9.99. The minimum absolute atomic E-state index is 0.238. The number of amides is 2. The zero-order valence-corrected chi connectivity index (χ0v) is 11.3. The highest BCUT2D eigenvalue weighted by atomic mass is 19.1. The highest BCUT2D eigenvalue weighted by Gasteiger charge is 2.28. The molecule has 1 aromatic rings. The molecule has 0 saturated carbocycles. The Kier molecular flexibility index (Phi) is 4.56. The molecule has 1 rings (SSSR count). The number of nitrogens with two attached hydrogens (primary N) is 1. The molecular formula is C12H13F2N3O4. The molecule has 114 valence electrons. The van der Waals surface area contributed by atoms with E-state index < -0.39 is 45.2 Å². The molecule has 0 spiro atoms. The third kappa shape index (κ3) is 4.20. The van der Waals surface area contributed by atoms with E-state index in [1.54, 1.807) is 0 Å². The molecule has 0 aliphatic rings. The Balaban J connectivity index is 3.14. The molecule has 2 amide bonds. The molecule has 0 atom stereocenters. The highest BCUT2D eigenvalue weighted by Crippen LogP contribution is 2.23. The van der Waals surface area contributed by atoms with Crippen LogP contribution in [-0.2, 0) is 4.79 Å². The Morgan fingerprint density at radius 2 is 1.95 bits per heavy atom. The smallest absolute Gasteiger partial charge is 0.308 e. The number of primary amides is 1. The van der Waals surface area contributed by atoms with Crippen molar-refractivity contribution in [1.29, 1.82) is 0 Å². The predicted molar refractivity (Wildman–Crippen MR) is 68.4 cm³/mol. The maximum absolute atomic E-state index is 13.8. The second-order valence-electron chi connectivity index (χ2n) is 5.02. The summed E-state index contributed by atoms with van der Waals surface area (Å²) in [6.07, 6.45) is -0.238. The molecular weight excluding hydrogens is 288 g/mol. The second-order valence-corrected chi connectivity index (χ2v) is 5.02. The first-order valence-electron chi connectivity index (χ1n) is 5.78. The first-order chi connectivity index (χ1) is 9.53. The van der Waals surface area contributed by atoms with Crippen LogP contribution in [0, 0.1) is 21.7 Å². The van der Waals surface area contributed by atoms with Crippen LogP contribution in [0.25, 0.3) is 0 Å². The normalized spacial score (nSPS) is 11.0. The van der Waals surface area contributed by atoms with Crippen molar-refractivity contribution in [2.24, 2.45) is 5.73 Å². The lowest BCUT2D eigenvalue weighted by Crippen LogP contribution is -2.46. The van der Waals surface area contributed by atoms with Crippen LogP contribution in [0.2, 0.25) is 0 Å². The van der Waals surface area contributed by atoms with E-state index in [0.717, 1.165) is 0 Å². The second kappa shape index (κ2) is 5.81. The van der Waals surface area contributed by atoms with Crippen molar-refractivity contribution in [2.75, 3.05) is 0 Å². The average molecular weight is 301 g/mol. The number of carbonyl (C=O) groups excluding carboxylic acids is 2. The lowest BCUT2D eigenvalue weighted by molar-refractivity contribution is -0.387. The number of hydrogen-bond donors (Lipinski definition) is 2. The molecule has 0 radical (unpaired) electrons. The first kappa shape index (κ1) is 16.5. The van der Waals surface area contributed by atoms with Crippen LogP contribution in [0.15, 0.2) is 12.1 Å². The summed E-state index contributed by atoms with van der Waals surface area (Å²) in [5.41, 5.74) is 1.92. The van der Waals surface area contributed by atoms with E-state index in [2.05, 4.69) is 5.32 Å². The van der Waals surface area contributed by atoms with Crippen LogP contribution in [0.1, 0.15) is 30.6 Å². The van der Waals surface area contributed by atoms with Gasteiger partial charge in [0.25, 0.3) is 5.91 Å². The molecule has 0 saturated heterocycles. The molecule has 0 bridgehead atoms. The molecule has 0 heterocycles. The zero-order valence-electron chi connectivity index (χ0n) is 11.3. The maximum Gasteiger partial charge on any atom is 0.308 e. The van der Waals surface area contributed by atoms with E-state index in [9.17, 15) is 28.5 Å². The molecule has 3 N–H and O–H groups in total. The molecule has 0 unspecified atom stereocenters. The van der Waals surface area contributed by atoms with Crippen molar-refractivity contribution in [3.63, 3.8) is 0 Å². The van der Waals surface area contributed by atoms with Gasteiger partial charge in [0.15, 0.2) is 0 Å². The fourth-order valence-electron chi connectivity index (χ4n) is 1.73. The number of benzene rings is 1. The van der Waals surface area contributed by atoms with Gasteiger partial charge < -0.3 is 11.1 Å². The Labute approximate surface area is 118 Å². The summed E-state index contributed by atoms with van der Waals surface area (Å²) in [5, 5.41) is 12.9. The van der Waals surface area contributed by atoms with Gasteiger partial charge in [-0.3, -0.25) is 19.7 Å². The summed E-state index contributed by atoms with van der Waals surface area (Å²) in [4.78, 5) is 32.2. The summed E-state index contributed by atoms with van der Waals surface area (Å²) in [6, 6.07) is 0.915. The number of halogens is 2. The largest absolute Gasteiger partial charge is 0.370 e. The summed E-state index contributed by atoms with van der Waals surface area (Å²) < 4.78 is 27.1. The number of hydrogen-bond acceptors (Lipinski definition) is 4. The number of nitrogens with zero attached hydrogens (tertiary/aromatic N) is 1. The fraction of sp³-hybridized carbons (Fsp3) is 0.333. The van der Waals surface area contributed by atoms with Gasteiger partial charge in [0.1, 0.15) is 5.82 Å². The molecule has 0 aromatic heterocycles. The van der Waals surface area contributed by atoms with Crippen molar-refractivity contribution in [3.05, 3.63) is 39.4 Å². The molecule has 9 heteroatoms. The van der Waals surface area contributed by atoms with Crippen LogP contribution in [0.5, 0.6) is 0 Å². The fourth-order valence-corrected chi connectivity index (χ4v) is 1.73. The number of nitro groups is 1. The van der Waals surface area contributed by atoms with Crippen LogP contribution < -0.4 is 11.1 Å². The number of carbonyl (C=O) groups is 2. The van der Waals surface area contributed by atoms with Crippen LogP contribution >= 0.6 is 0 Å². The first-order valence-corrected chi connectivity index (χ1v) is 5.78. The van der Waals surface area contributed by atoms with Gasteiger partial charge in [-0.25, -0.2) is 4.39 Å². The molecule has 7 nitrogen and oxygen atoms in total. The molecule has 1 aromatic carbocycles. The third-order valence-electron chi connectivity index (χ3n) is 2.53. The number of rotatable bonds is 5. The predicted octanol–water partition coefficient (Wildman–Crippen LogP) is 1.26. The van der Waals surface area contributed by atoms with Gasteiger partial charge in [-0.1, -0.05) is 0 Å². The number of nitro benzene ring substituents is 1. The van der Waals surface area contributed by atoms with Gasteiger partial charge >= 0.3 is 5.69 Å². The van der Waals surface area contributed by atoms with Crippen molar-refractivity contribution in [3.8, 4) is 0 Å². The van der Waals surface area contributed by atoms with Gasteiger partial charge in [-0.05, 0) is 19.9 Å². The van der Waals surface area contributed by atoms with E-state index in [4.69, 9.17) is 5.73 Å². The standard InChI is InChI=1S/C12H13F2N3O4/c1-12(2,5-9(15)18)16-11(19)7-3-6(13)4-8(10(7)14)17(20)21/h3-4H,5H2,1-2H3,(H2,15,18)(H,16,19). The zero-order chi connectivity index (χ0) is 16.4. The molecule has 21 heavy (non-hydrogen) atoms. The topological polar surface area (TPSA) is 115 Å². The summed E-state index contributed by atoms with van der Waals surface area (Å²) in [5.74, 6) is -4.36. The molecule has 0 fully saturated rings. The van der Waals surface area contributed by atoms with Gasteiger partial charge in [0.2, 0.25) is 11.7 Å². The highest BCUT2D eigenvalue weighted by molar-refractivity contribution is 5.96. The van der Waals surface area contributed by atoms with Gasteiger partial charge in [0.05, 0.1) is 16.6 Å². The van der Waals surface area contributed by atoms with E-state index in [1.807, 2.05) is 0 Å².